The first-order valence-electron chi connectivity index (χ1n) is 5.10. The third-order valence-corrected chi connectivity index (χ3v) is 3.59. The summed E-state index contributed by atoms with van der Waals surface area (Å²) in [6.45, 7) is 2.80. The van der Waals surface area contributed by atoms with Crippen LogP contribution in [0.1, 0.15) is 12.7 Å². The maximum absolute atomic E-state index is 13.0. The van der Waals surface area contributed by atoms with E-state index in [4.69, 9.17) is 0 Å². The predicted molar refractivity (Wildman–Crippen MR) is 71.4 cm³/mol. The monoisotopic (exact) mass is 361 g/mol. The number of nitrogens with zero attached hydrogens (tertiary/aromatic N) is 3. The largest absolute Gasteiger partial charge is 0.311 e. The van der Waals surface area contributed by atoms with E-state index in [0.29, 0.717) is 9.80 Å². The lowest BCUT2D eigenvalue weighted by molar-refractivity contribution is 0.627. The summed E-state index contributed by atoms with van der Waals surface area (Å²) in [7, 11) is 0. The Labute approximate surface area is 115 Å². The SMILES string of the molecule is CCn1c(CBr)nnc1-c1ccc(F)cc1Br. The van der Waals surface area contributed by atoms with Gasteiger partial charge in [-0.25, -0.2) is 4.39 Å². The highest BCUT2D eigenvalue weighted by Crippen LogP contribution is 2.28. The number of halogens is 3. The molecule has 6 heteroatoms. The summed E-state index contributed by atoms with van der Waals surface area (Å²) in [5, 5.41) is 8.89. The molecular weight excluding hydrogens is 353 g/mol. The fourth-order valence-corrected chi connectivity index (χ4v) is 2.58. The Hall–Kier alpha value is -0.750. The fraction of sp³-hybridized carbons (Fsp3) is 0.273. The average Bonchev–Trinajstić information content (AvgIpc) is 2.71. The highest BCUT2D eigenvalue weighted by atomic mass is 79.9. The molecule has 0 N–H and O–H groups in total. The maximum atomic E-state index is 13.0. The number of hydrogen-bond acceptors (Lipinski definition) is 2. The zero-order chi connectivity index (χ0) is 12.4. The molecule has 0 spiro atoms. The van der Waals surface area contributed by atoms with E-state index < -0.39 is 0 Å². The number of alkyl halides is 1. The third-order valence-electron chi connectivity index (χ3n) is 2.44. The van der Waals surface area contributed by atoms with Crippen LogP contribution in [0.4, 0.5) is 4.39 Å². The van der Waals surface area contributed by atoms with Gasteiger partial charge in [0.2, 0.25) is 0 Å². The van der Waals surface area contributed by atoms with Crippen LogP contribution in [-0.2, 0) is 11.9 Å². The highest BCUT2D eigenvalue weighted by Gasteiger charge is 2.14. The van der Waals surface area contributed by atoms with Crippen LogP contribution in [0.3, 0.4) is 0 Å². The lowest BCUT2D eigenvalue weighted by Gasteiger charge is -2.07. The summed E-state index contributed by atoms with van der Waals surface area (Å²) < 4.78 is 15.7. The van der Waals surface area contributed by atoms with Crippen LogP contribution in [0.5, 0.6) is 0 Å². The third kappa shape index (κ3) is 2.42. The molecule has 1 aromatic carbocycles. The van der Waals surface area contributed by atoms with E-state index in [2.05, 4.69) is 42.1 Å². The quantitative estimate of drug-likeness (QED) is 0.778. The zero-order valence-electron chi connectivity index (χ0n) is 9.12. The minimum Gasteiger partial charge on any atom is -0.311 e. The molecule has 17 heavy (non-hydrogen) atoms. The van der Waals surface area contributed by atoms with Gasteiger partial charge < -0.3 is 4.57 Å². The van der Waals surface area contributed by atoms with Gasteiger partial charge in [-0.2, -0.15) is 0 Å². The van der Waals surface area contributed by atoms with Gasteiger partial charge in [-0.15, -0.1) is 10.2 Å². The smallest absolute Gasteiger partial charge is 0.165 e. The van der Waals surface area contributed by atoms with Crippen molar-refractivity contribution in [3.63, 3.8) is 0 Å². The van der Waals surface area contributed by atoms with E-state index in [-0.39, 0.29) is 5.82 Å². The van der Waals surface area contributed by atoms with Crippen molar-refractivity contribution in [3.05, 3.63) is 34.3 Å². The summed E-state index contributed by atoms with van der Waals surface area (Å²) in [6.07, 6.45) is 0. The normalized spacial score (nSPS) is 10.8. The van der Waals surface area contributed by atoms with Crippen molar-refractivity contribution in [1.82, 2.24) is 14.8 Å². The minimum absolute atomic E-state index is 0.274. The van der Waals surface area contributed by atoms with Gasteiger partial charge >= 0.3 is 0 Å². The van der Waals surface area contributed by atoms with E-state index in [9.17, 15) is 4.39 Å². The van der Waals surface area contributed by atoms with Crippen molar-refractivity contribution in [3.8, 4) is 11.4 Å². The fourth-order valence-electron chi connectivity index (χ4n) is 1.64. The number of aromatic nitrogens is 3. The molecule has 0 aliphatic heterocycles. The van der Waals surface area contributed by atoms with Crippen LogP contribution >= 0.6 is 31.9 Å². The summed E-state index contributed by atoms with van der Waals surface area (Å²) in [4.78, 5) is 0. The van der Waals surface area contributed by atoms with Gasteiger partial charge in [0.15, 0.2) is 5.82 Å². The van der Waals surface area contributed by atoms with Crippen LogP contribution in [-0.4, -0.2) is 14.8 Å². The van der Waals surface area contributed by atoms with Crippen molar-refractivity contribution >= 4 is 31.9 Å². The Balaban J connectivity index is 2.56. The number of rotatable bonds is 3. The van der Waals surface area contributed by atoms with Crippen molar-refractivity contribution in [2.75, 3.05) is 0 Å². The molecule has 90 valence electrons. The number of benzene rings is 1. The van der Waals surface area contributed by atoms with Gasteiger partial charge in [0, 0.05) is 16.6 Å². The van der Waals surface area contributed by atoms with E-state index in [0.717, 1.165) is 23.8 Å². The molecule has 0 bridgehead atoms. The Morgan fingerprint density at radius 3 is 2.71 bits per heavy atom. The van der Waals surface area contributed by atoms with E-state index >= 15 is 0 Å². The molecular formula is C11H10Br2FN3. The topological polar surface area (TPSA) is 30.7 Å². The molecule has 3 nitrogen and oxygen atoms in total. The standard InChI is InChI=1S/C11H10Br2FN3/c1-2-17-10(6-12)15-16-11(17)8-4-3-7(14)5-9(8)13/h3-5H,2,6H2,1H3. The Morgan fingerprint density at radius 2 is 2.12 bits per heavy atom. The molecule has 0 saturated heterocycles. The average molecular weight is 363 g/mol. The summed E-state index contributed by atoms with van der Waals surface area (Å²) in [6, 6.07) is 4.55. The van der Waals surface area contributed by atoms with Crippen molar-refractivity contribution < 1.29 is 4.39 Å². The number of hydrogen-bond donors (Lipinski definition) is 0. The second-order valence-electron chi connectivity index (χ2n) is 3.44. The Morgan fingerprint density at radius 1 is 1.35 bits per heavy atom. The van der Waals surface area contributed by atoms with Gasteiger partial charge in [0.25, 0.3) is 0 Å². The molecule has 0 saturated carbocycles. The molecule has 1 aromatic heterocycles. The maximum Gasteiger partial charge on any atom is 0.165 e. The molecule has 0 aliphatic rings. The lowest BCUT2D eigenvalue weighted by Crippen LogP contribution is -2.02. The summed E-state index contributed by atoms with van der Waals surface area (Å²) >= 11 is 6.72. The molecule has 2 rings (SSSR count). The lowest BCUT2D eigenvalue weighted by atomic mass is 10.2. The Kier molecular flexibility index (Phi) is 3.93. The van der Waals surface area contributed by atoms with Gasteiger partial charge in [0.1, 0.15) is 11.6 Å². The molecule has 0 amide bonds. The minimum atomic E-state index is -0.274. The van der Waals surface area contributed by atoms with Crippen molar-refractivity contribution in [2.45, 2.75) is 18.8 Å². The molecule has 0 radical (unpaired) electrons. The van der Waals surface area contributed by atoms with Crippen molar-refractivity contribution in [2.24, 2.45) is 0 Å². The van der Waals surface area contributed by atoms with E-state index in [1.54, 1.807) is 6.07 Å². The van der Waals surface area contributed by atoms with Crippen LogP contribution in [0, 0.1) is 5.82 Å². The first-order chi connectivity index (χ1) is 8.17. The van der Waals surface area contributed by atoms with Crippen molar-refractivity contribution in [1.29, 1.82) is 0 Å². The predicted octanol–water partition coefficient (Wildman–Crippen LogP) is 3.76. The molecule has 0 atom stereocenters. The first kappa shape index (κ1) is 12.7. The highest BCUT2D eigenvalue weighted by molar-refractivity contribution is 9.10. The molecule has 0 aliphatic carbocycles. The van der Waals surface area contributed by atoms with Crippen LogP contribution in [0.2, 0.25) is 0 Å². The molecule has 1 heterocycles. The first-order valence-corrected chi connectivity index (χ1v) is 7.02. The van der Waals surface area contributed by atoms with Crippen LogP contribution < -0.4 is 0 Å². The van der Waals surface area contributed by atoms with Gasteiger partial charge in [0.05, 0.1) is 5.33 Å². The van der Waals surface area contributed by atoms with Gasteiger partial charge in [-0.3, -0.25) is 0 Å². The van der Waals surface area contributed by atoms with E-state index in [1.807, 2.05) is 11.5 Å². The van der Waals surface area contributed by atoms with Crippen LogP contribution in [0.15, 0.2) is 22.7 Å². The zero-order valence-corrected chi connectivity index (χ0v) is 12.3. The summed E-state index contributed by atoms with van der Waals surface area (Å²) in [5.74, 6) is 1.33. The summed E-state index contributed by atoms with van der Waals surface area (Å²) in [5.41, 5.74) is 0.841. The van der Waals surface area contributed by atoms with E-state index in [1.165, 1.54) is 12.1 Å². The van der Waals surface area contributed by atoms with Gasteiger partial charge in [-0.05, 0) is 41.1 Å². The second kappa shape index (κ2) is 5.27. The Bertz CT molecular complexity index is 540. The molecule has 0 unspecified atom stereocenters. The molecule has 2 aromatic rings. The second-order valence-corrected chi connectivity index (χ2v) is 4.86. The molecule has 0 fully saturated rings. The van der Waals surface area contributed by atoms with Gasteiger partial charge in [-0.1, -0.05) is 15.9 Å². The van der Waals surface area contributed by atoms with Crippen LogP contribution in [0.25, 0.3) is 11.4 Å².